The van der Waals surface area contributed by atoms with E-state index < -0.39 is 18.0 Å². The first kappa shape index (κ1) is 20.2. The first-order valence-corrected chi connectivity index (χ1v) is 9.39. The molecular weight excluding hydrogens is 384 g/mol. The van der Waals surface area contributed by atoms with Crippen molar-refractivity contribution < 1.29 is 19.1 Å². The number of nitrogens with one attached hydrogen (secondary N) is 2. The third-order valence-electron chi connectivity index (χ3n) is 4.97. The van der Waals surface area contributed by atoms with Crippen molar-refractivity contribution >= 4 is 29.5 Å². The molecule has 8 nitrogen and oxygen atoms in total. The van der Waals surface area contributed by atoms with Crippen LogP contribution in [0.4, 0.5) is 4.79 Å². The van der Waals surface area contributed by atoms with Crippen LogP contribution in [-0.4, -0.2) is 67.5 Å². The van der Waals surface area contributed by atoms with E-state index in [2.05, 4.69) is 15.5 Å². The summed E-state index contributed by atoms with van der Waals surface area (Å²) in [7, 11) is 1.30. The van der Waals surface area contributed by atoms with Gasteiger partial charge in [-0.25, -0.2) is 9.59 Å². The number of piperazine rings is 1. The molecule has 0 spiro atoms. The van der Waals surface area contributed by atoms with Crippen LogP contribution in [-0.2, 0) is 14.3 Å². The first-order valence-electron chi connectivity index (χ1n) is 9.02. The second-order valence-electron chi connectivity index (χ2n) is 6.72. The smallest absolute Gasteiger partial charge is 0.338 e. The molecule has 2 aliphatic heterocycles. The zero-order valence-corrected chi connectivity index (χ0v) is 16.6. The first-order chi connectivity index (χ1) is 13.4. The van der Waals surface area contributed by atoms with Crippen LogP contribution < -0.4 is 10.6 Å². The lowest BCUT2D eigenvalue weighted by Crippen LogP contribution is -2.52. The van der Waals surface area contributed by atoms with Crippen LogP contribution in [0.15, 0.2) is 35.5 Å². The molecule has 150 valence electrons. The Bertz CT molecular complexity index is 818. The van der Waals surface area contributed by atoms with E-state index in [1.54, 1.807) is 36.1 Å². The maximum atomic E-state index is 12.6. The second kappa shape index (κ2) is 8.62. The van der Waals surface area contributed by atoms with E-state index in [0.29, 0.717) is 54.6 Å². The summed E-state index contributed by atoms with van der Waals surface area (Å²) in [6.45, 7) is 4.43. The molecule has 0 aromatic heterocycles. The van der Waals surface area contributed by atoms with Crippen molar-refractivity contribution in [2.75, 3.05) is 39.8 Å². The summed E-state index contributed by atoms with van der Waals surface area (Å²) < 4.78 is 4.98. The van der Waals surface area contributed by atoms with Gasteiger partial charge in [0.15, 0.2) is 0 Å². The number of carbonyl (C=O) groups excluding carboxylic acids is 3. The molecule has 1 fully saturated rings. The second-order valence-corrected chi connectivity index (χ2v) is 7.13. The molecule has 2 heterocycles. The average Bonchev–Trinajstić information content (AvgIpc) is 2.68. The summed E-state index contributed by atoms with van der Waals surface area (Å²) in [6, 6.07) is 5.94. The maximum Gasteiger partial charge on any atom is 0.338 e. The van der Waals surface area contributed by atoms with Crippen molar-refractivity contribution in [2.24, 2.45) is 0 Å². The van der Waals surface area contributed by atoms with Gasteiger partial charge in [0, 0.05) is 50.4 Å². The van der Waals surface area contributed by atoms with Gasteiger partial charge in [0.2, 0.25) is 5.91 Å². The minimum Gasteiger partial charge on any atom is -0.466 e. The Morgan fingerprint density at radius 1 is 1.21 bits per heavy atom. The molecule has 2 aliphatic rings. The number of benzene rings is 1. The molecular formula is C19H23ClN4O4. The highest BCUT2D eigenvalue weighted by Gasteiger charge is 2.35. The number of nitrogens with zero attached hydrogens (tertiary/aromatic N) is 2. The molecule has 1 aromatic carbocycles. The highest BCUT2D eigenvalue weighted by Crippen LogP contribution is 2.32. The monoisotopic (exact) mass is 406 g/mol. The molecule has 9 heteroatoms. The average molecular weight is 407 g/mol. The van der Waals surface area contributed by atoms with Crippen LogP contribution >= 0.6 is 11.6 Å². The molecule has 28 heavy (non-hydrogen) atoms. The lowest BCUT2D eigenvalue weighted by atomic mass is 9.95. The number of esters is 1. The Balaban J connectivity index is 1.90. The number of methoxy groups -OCH3 is 1. The molecule has 1 aromatic rings. The predicted octanol–water partition coefficient (Wildman–Crippen LogP) is 1.29. The van der Waals surface area contributed by atoms with Crippen molar-refractivity contribution in [3.63, 3.8) is 0 Å². The fraction of sp³-hybridized carbons (Fsp3) is 0.421. The van der Waals surface area contributed by atoms with Crippen molar-refractivity contribution in [1.82, 2.24) is 20.4 Å². The van der Waals surface area contributed by atoms with Gasteiger partial charge in [-0.15, -0.1) is 0 Å². The predicted molar refractivity (Wildman–Crippen MR) is 104 cm³/mol. The Kier molecular flexibility index (Phi) is 6.21. The molecule has 1 saturated heterocycles. The van der Waals surface area contributed by atoms with E-state index in [4.69, 9.17) is 16.3 Å². The summed E-state index contributed by atoms with van der Waals surface area (Å²) in [5.74, 6) is -0.488. The van der Waals surface area contributed by atoms with E-state index in [0.717, 1.165) is 0 Å². The Morgan fingerprint density at radius 3 is 2.50 bits per heavy atom. The molecule has 0 radical (unpaired) electrons. The van der Waals surface area contributed by atoms with Crippen LogP contribution in [0.5, 0.6) is 0 Å². The third kappa shape index (κ3) is 4.28. The normalized spacial score (nSPS) is 20.5. The van der Waals surface area contributed by atoms with Gasteiger partial charge < -0.3 is 20.3 Å². The van der Waals surface area contributed by atoms with Gasteiger partial charge >= 0.3 is 12.0 Å². The fourth-order valence-corrected chi connectivity index (χ4v) is 3.73. The number of halogens is 1. The van der Waals surface area contributed by atoms with Gasteiger partial charge in [-0.1, -0.05) is 29.8 Å². The highest BCUT2D eigenvalue weighted by atomic mass is 35.5. The van der Waals surface area contributed by atoms with E-state index in [1.165, 1.54) is 7.11 Å². The molecule has 1 atom stereocenters. The van der Waals surface area contributed by atoms with Gasteiger partial charge in [-0.05, 0) is 11.6 Å². The molecule has 0 unspecified atom stereocenters. The van der Waals surface area contributed by atoms with Gasteiger partial charge in [0.1, 0.15) is 0 Å². The van der Waals surface area contributed by atoms with Crippen molar-refractivity contribution in [2.45, 2.75) is 13.0 Å². The Hall–Kier alpha value is -2.58. The van der Waals surface area contributed by atoms with Gasteiger partial charge in [-0.2, -0.15) is 0 Å². The number of hydrogen-bond donors (Lipinski definition) is 2. The lowest BCUT2D eigenvalue weighted by Gasteiger charge is -2.36. The van der Waals surface area contributed by atoms with E-state index in [1.807, 2.05) is 0 Å². The van der Waals surface area contributed by atoms with E-state index in [-0.39, 0.29) is 5.91 Å². The summed E-state index contributed by atoms with van der Waals surface area (Å²) in [4.78, 5) is 40.2. The molecule has 0 saturated carbocycles. The van der Waals surface area contributed by atoms with Crippen molar-refractivity contribution in [3.05, 3.63) is 46.1 Å². The lowest BCUT2D eigenvalue weighted by molar-refractivity contribution is -0.136. The Morgan fingerprint density at radius 2 is 1.89 bits per heavy atom. The number of ether oxygens (including phenoxy) is 1. The van der Waals surface area contributed by atoms with Gasteiger partial charge in [0.05, 0.1) is 18.7 Å². The van der Waals surface area contributed by atoms with Crippen LogP contribution in [0, 0.1) is 0 Å². The summed E-state index contributed by atoms with van der Waals surface area (Å²) in [5, 5.41) is 5.96. The summed E-state index contributed by atoms with van der Waals surface area (Å²) in [5.41, 5.74) is 1.43. The zero-order valence-electron chi connectivity index (χ0n) is 15.8. The molecule has 3 amide bonds. The van der Waals surface area contributed by atoms with Crippen molar-refractivity contribution in [3.8, 4) is 0 Å². The SMILES string of the molecule is COC(=O)C1=C(CN2CCN(C(C)=O)CC2)NC(=O)N[C@H]1c1ccccc1Cl. The Labute approximate surface area is 168 Å². The number of rotatable bonds is 4. The zero-order chi connectivity index (χ0) is 20.3. The summed E-state index contributed by atoms with van der Waals surface area (Å²) >= 11 is 6.31. The number of hydrogen-bond acceptors (Lipinski definition) is 5. The third-order valence-corrected chi connectivity index (χ3v) is 5.32. The standard InChI is InChI=1S/C19H23ClN4O4/c1-12(25)24-9-7-23(8-10-24)11-15-16(18(26)28-2)17(22-19(27)21-15)13-5-3-4-6-14(13)20/h3-6,17H,7-11H2,1-2H3,(H2,21,22,27)/t17-/m0/s1. The summed E-state index contributed by atoms with van der Waals surface area (Å²) in [6.07, 6.45) is 0. The molecule has 0 bridgehead atoms. The van der Waals surface area contributed by atoms with E-state index in [9.17, 15) is 14.4 Å². The number of carbonyl (C=O) groups is 3. The fourth-order valence-electron chi connectivity index (χ4n) is 3.48. The van der Waals surface area contributed by atoms with Gasteiger partial charge in [-0.3, -0.25) is 9.69 Å². The van der Waals surface area contributed by atoms with Crippen LogP contribution in [0.1, 0.15) is 18.5 Å². The number of amides is 3. The highest BCUT2D eigenvalue weighted by molar-refractivity contribution is 6.31. The molecule has 0 aliphatic carbocycles. The topological polar surface area (TPSA) is 91.0 Å². The van der Waals surface area contributed by atoms with Crippen LogP contribution in [0.3, 0.4) is 0 Å². The van der Waals surface area contributed by atoms with Crippen molar-refractivity contribution in [1.29, 1.82) is 0 Å². The van der Waals surface area contributed by atoms with Crippen LogP contribution in [0.25, 0.3) is 0 Å². The van der Waals surface area contributed by atoms with E-state index >= 15 is 0 Å². The molecule has 3 rings (SSSR count). The largest absolute Gasteiger partial charge is 0.466 e. The maximum absolute atomic E-state index is 12.6. The minimum atomic E-state index is -0.705. The quantitative estimate of drug-likeness (QED) is 0.735. The minimum absolute atomic E-state index is 0.0445. The van der Waals surface area contributed by atoms with Gasteiger partial charge in [0.25, 0.3) is 0 Å². The van der Waals surface area contributed by atoms with Crippen LogP contribution in [0.2, 0.25) is 5.02 Å². The number of urea groups is 1. The molecule has 2 N–H and O–H groups in total.